The normalized spacial score (nSPS) is 11.6. The van der Waals surface area contributed by atoms with Crippen LogP contribution in [0, 0.1) is 0 Å². The molecule has 3 rings (SSSR count). The highest BCUT2D eigenvalue weighted by Crippen LogP contribution is 2.20. The van der Waals surface area contributed by atoms with Crippen LogP contribution < -0.4 is 5.56 Å². The largest absolute Gasteiger partial charge is 0.408 e. The highest BCUT2D eigenvalue weighted by molar-refractivity contribution is 5.56. The molecule has 0 unspecified atom stereocenters. The van der Waals surface area contributed by atoms with E-state index in [1.165, 1.54) is 12.3 Å². The molecule has 0 fully saturated rings. The third-order valence-electron chi connectivity index (χ3n) is 3.10. The third kappa shape index (κ3) is 3.31. The van der Waals surface area contributed by atoms with Crippen LogP contribution in [0.15, 0.2) is 59.5 Å². The van der Waals surface area contributed by atoms with Gasteiger partial charge in [-0.2, -0.15) is 23.4 Å². The standard InChI is InChI=1S/C15H11F3N4O/c16-15(17,18)10-21-14(23)7-6-12(20-21)13-8-9-19-22(13)11-4-2-1-3-5-11/h1-9H,10H2. The fourth-order valence-corrected chi connectivity index (χ4v) is 2.14. The van der Waals surface area contributed by atoms with Crippen molar-refractivity contribution in [2.75, 3.05) is 0 Å². The molecule has 0 aliphatic heterocycles. The summed E-state index contributed by atoms with van der Waals surface area (Å²) in [6.07, 6.45) is -3.00. The molecule has 0 N–H and O–H groups in total. The van der Waals surface area contributed by atoms with E-state index in [4.69, 9.17) is 0 Å². The Hall–Kier alpha value is -2.90. The van der Waals surface area contributed by atoms with Crippen LogP contribution in [0.2, 0.25) is 0 Å². The first-order valence-corrected chi connectivity index (χ1v) is 6.69. The van der Waals surface area contributed by atoms with Crippen LogP contribution in [-0.4, -0.2) is 25.7 Å². The Morgan fingerprint density at radius 1 is 1.00 bits per heavy atom. The van der Waals surface area contributed by atoms with Gasteiger partial charge in [-0.3, -0.25) is 4.79 Å². The van der Waals surface area contributed by atoms with E-state index in [-0.39, 0.29) is 5.69 Å². The predicted octanol–water partition coefficient (Wildman–Crippen LogP) is 2.66. The lowest BCUT2D eigenvalue weighted by Crippen LogP contribution is -2.29. The molecule has 0 spiro atoms. The van der Waals surface area contributed by atoms with Crippen LogP contribution in [0.25, 0.3) is 17.1 Å². The van der Waals surface area contributed by atoms with Crippen LogP contribution in [0.4, 0.5) is 13.2 Å². The second-order valence-corrected chi connectivity index (χ2v) is 4.79. The molecular weight excluding hydrogens is 309 g/mol. The van der Waals surface area contributed by atoms with Crippen LogP contribution >= 0.6 is 0 Å². The van der Waals surface area contributed by atoms with Crippen LogP contribution in [0.1, 0.15) is 0 Å². The molecule has 2 aromatic heterocycles. The second kappa shape index (κ2) is 5.71. The molecular formula is C15H11F3N4O. The van der Waals surface area contributed by atoms with Crippen LogP contribution in [0.3, 0.4) is 0 Å². The molecule has 0 saturated heterocycles. The number of hydrogen-bond acceptors (Lipinski definition) is 3. The molecule has 5 nitrogen and oxygen atoms in total. The first-order valence-electron chi connectivity index (χ1n) is 6.69. The van der Waals surface area contributed by atoms with Crippen molar-refractivity contribution in [3.05, 3.63) is 65.1 Å². The van der Waals surface area contributed by atoms with Crippen molar-refractivity contribution >= 4 is 0 Å². The Balaban J connectivity index is 2.06. The van der Waals surface area contributed by atoms with Crippen molar-refractivity contribution in [1.82, 2.24) is 19.6 Å². The quantitative estimate of drug-likeness (QED) is 0.745. The van der Waals surface area contributed by atoms with Gasteiger partial charge in [0.2, 0.25) is 0 Å². The summed E-state index contributed by atoms with van der Waals surface area (Å²) in [5.74, 6) is 0. The minimum absolute atomic E-state index is 0.232. The summed E-state index contributed by atoms with van der Waals surface area (Å²) in [5.41, 5.74) is 0.655. The Kier molecular flexibility index (Phi) is 3.73. The number of aromatic nitrogens is 4. The van der Waals surface area contributed by atoms with Crippen LogP contribution in [0.5, 0.6) is 0 Å². The zero-order valence-electron chi connectivity index (χ0n) is 11.7. The Bertz CT molecular complexity index is 868. The molecule has 2 heterocycles. The van der Waals surface area contributed by atoms with Gasteiger partial charge in [0.15, 0.2) is 0 Å². The molecule has 23 heavy (non-hydrogen) atoms. The summed E-state index contributed by atoms with van der Waals surface area (Å²) in [5, 5.41) is 7.97. The lowest BCUT2D eigenvalue weighted by atomic mass is 10.2. The summed E-state index contributed by atoms with van der Waals surface area (Å²) < 4.78 is 39.5. The molecule has 0 bridgehead atoms. The van der Waals surface area contributed by atoms with Gasteiger partial charge in [-0.15, -0.1) is 0 Å². The maximum atomic E-state index is 12.5. The first-order chi connectivity index (χ1) is 10.9. The lowest BCUT2D eigenvalue weighted by Gasteiger charge is -2.11. The number of nitrogens with zero attached hydrogens (tertiary/aromatic N) is 4. The van der Waals surface area contributed by atoms with Crippen molar-refractivity contribution in [3.8, 4) is 17.1 Å². The predicted molar refractivity (Wildman–Crippen MR) is 77.1 cm³/mol. The first kappa shape index (κ1) is 15.0. The molecule has 0 aliphatic rings. The zero-order valence-corrected chi connectivity index (χ0v) is 11.7. The van der Waals surface area contributed by atoms with Crippen molar-refractivity contribution in [2.45, 2.75) is 12.7 Å². The molecule has 118 valence electrons. The van der Waals surface area contributed by atoms with E-state index in [1.807, 2.05) is 30.3 Å². The summed E-state index contributed by atoms with van der Waals surface area (Å²) >= 11 is 0. The summed E-state index contributed by atoms with van der Waals surface area (Å²) in [7, 11) is 0. The van der Waals surface area contributed by atoms with E-state index in [2.05, 4.69) is 10.2 Å². The molecule has 3 aromatic rings. The number of benzene rings is 1. The van der Waals surface area contributed by atoms with E-state index in [0.717, 1.165) is 11.8 Å². The number of hydrogen-bond donors (Lipinski definition) is 0. The number of rotatable bonds is 3. The van der Waals surface area contributed by atoms with Gasteiger partial charge in [-0.1, -0.05) is 18.2 Å². The minimum Gasteiger partial charge on any atom is -0.268 e. The molecule has 1 aromatic carbocycles. The van der Waals surface area contributed by atoms with Gasteiger partial charge in [0.25, 0.3) is 5.56 Å². The molecule has 0 amide bonds. The van der Waals surface area contributed by atoms with Gasteiger partial charge in [0, 0.05) is 6.07 Å². The fraction of sp³-hybridized carbons (Fsp3) is 0.133. The van der Waals surface area contributed by atoms with Gasteiger partial charge in [-0.05, 0) is 24.3 Å². The monoisotopic (exact) mass is 320 g/mol. The Morgan fingerprint density at radius 3 is 2.43 bits per heavy atom. The third-order valence-corrected chi connectivity index (χ3v) is 3.10. The SMILES string of the molecule is O=c1ccc(-c2ccnn2-c2ccccc2)nn1CC(F)(F)F. The van der Waals surface area contributed by atoms with Gasteiger partial charge < -0.3 is 0 Å². The molecule has 0 aliphatic carbocycles. The van der Waals surface area contributed by atoms with E-state index in [9.17, 15) is 18.0 Å². The Morgan fingerprint density at radius 2 is 1.74 bits per heavy atom. The van der Waals surface area contributed by atoms with Gasteiger partial charge in [-0.25, -0.2) is 9.36 Å². The maximum Gasteiger partial charge on any atom is 0.408 e. The molecule has 8 heteroatoms. The van der Waals surface area contributed by atoms with Crippen molar-refractivity contribution in [2.24, 2.45) is 0 Å². The van der Waals surface area contributed by atoms with Crippen molar-refractivity contribution < 1.29 is 13.2 Å². The summed E-state index contributed by atoms with van der Waals surface area (Å²) in [6.45, 7) is -1.43. The van der Waals surface area contributed by atoms with E-state index in [0.29, 0.717) is 10.4 Å². The summed E-state index contributed by atoms with van der Waals surface area (Å²) in [6, 6.07) is 13.2. The minimum atomic E-state index is -4.52. The average molecular weight is 320 g/mol. The molecule has 0 atom stereocenters. The van der Waals surface area contributed by atoms with Crippen LogP contribution in [-0.2, 0) is 6.54 Å². The van der Waals surface area contributed by atoms with Crippen molar-refractivity contribution in [3.63, 3.8) is 0 Å². The van der Waals surface area contributed by atoms with E-state index in [1.54, 1.807) is 10.7 Å². The topological polar surface area (TPSA) is 52.7 Å². The van der Waals surface area contributed by atoms with Gasteiger partial charge >= 0.3 is 6.18 Å². The lowest BCUT2D eigenvalue weighted by molar-refractivity contribution is -0.143. The average Bonchev–Trinajstić information content (AvgIpc) is 2.98. The van der Waals surface area contributed by atoms with E-state index >= 15 is 0 Å². The van der Waals surface area contributed by atoms with Crippen molar-refractivity contribution in [1.29, 1.82) is 0 Å². The fourth-order valence-electron chi connectivity index (χ4n) is 2.14. The maximum absolute atomic E-state index is 12.5. The molecule has 0 radical (unpaired) electrons. The van der Waals surface area contributed by atoms with E-state index < -0.39 is 18.3 Å². The Labute approximate surface area is 128 Å². The zero-order chi connectivity index (χ0) is 16.4. The molecule has 0 saturated carbocycles. The van der Waals surface area contributed by atoms with Gasteiger partial charge in [0.05, 0.1) is 17.6 Å². The van der Waals surface area contributed by atoms with Gasteiger partial charge in [0.1, 0.15) is 12.2 Å². The number of para-hydroxylation sites is 1. The number of halogens is 3. The highest BCUT2D eigenvalue weighted by atomic mass is 19.4. The number of alkyl halides is 3. The smallest absolute Gasteiger partial charge is 0.268 e. The summed E-state index contributed by atoms with van der Waals surface area (Å²) in [4.78, 5) is 11.6. The highest BCUT2D eigenvalue weighted by Gasteiger charge is 2.29. The second-order valence-electron chi connectivity index (χ2n) is 4.79.